The van der Waals surface area contributed by atoms with Crippen molar-refractivity contribution in [3.05, 3.63) is 34.6 Å². The van der Waals surface area contributed by atoms with Gasteiger partial charge in [-0.1, -0.05) is 17.7 Å². The second-order valence-corrected chi connectivity index (χ2v) is 7.05. The number of carbonyl (C=O) groups is 1. The number of nitrogens with one attached hydrogen (secondary N) is 1. The van der Waals surface area contributed by atoms with Crippen molar-refractivity contribution in [2.75, 3.05) is 26.2 Å². The van der Waals surface area contributed by atoms with Gasteiger partial charge in [0.2, 0.25) is 5.91 Å². The molecule has 1 heterocycles. The van der Waals surface area contributed by atoms with Gasteiger partial charge >= 0.3 is 0 Å². The van der Waals surface area contributed by atoms with Crippen molar-refractivity contribution in [3.8, 4) is 0 Å². The molecule has 0 radical (unpaired) electrons. The summed E-state index contributed by atoms with van der Waals surface area (Å²) in [6, 6.07) is 4.30. The molecule has 0 bridgehead atoms. The smallest absolute Gasteiger partial charge is 0.220 e. The van der Waals surface area contributed by atoms with E-state index in [4.69, 9.17) is 22.1 Å². The Morgan fingerprint density at radius 3 is 2.96 bits per heavy atom. The highest BCUT2D eigenvalue weighted by Crippen LogP contribution is 2.31. The highest BCUT2D eigenvalue weighted by molar-refractivity contribution is 6.31. The summed E-state index contributed by atoms with van der Waals surface area (Å²) in [6.45, 7) is 6.03. The van der Waals surface area contributed by atoms with Gasteiger partial charge in [-0.25, -0.2) is 4.39 Å². The van der Waals surface area contributed by atoms with Crippen LogP contribution < -0.4 is 11.1 Å². The molecule has 0 spiro atoms. The number of nitrogens with two attached hydrogens (primary N) is 1. The third kappa shape index (κ3) is 5.92. The maximum absolute atomic E-state index is 14.5. The molecule has 1 saturated heterocycles. The molecule has 1 aliphatic heterocycles. The van der Waals surface area contributed by atoms with Crippen LogP contribution in [0, 0.1) is 5.82 Å². The number of carbonyl (C=O) groups excluding carboxylic acids is 1. The first-order valence-corrected chi connectivity index (χ1v) is 9.08. The van der Waals surface area contributed by atoms with Gasteiger partial charge in [0, 0.05) is 42.7 Å². The molecular formula is C18H27ClFN3O2. The van der Waals surface area contributed by atoms with Crippen molar-refractivity contribution in [3.63, 3.8) is 0 Å². The van der Waals surface area contributed by atoms with Gasteiger partial charge in [0.05, 0.1) is 18.8 Å². The Kier molecular flexibility index (Phi) is 7.62. The van der Waals surface area contributed by atoms with Gasteiger partial charge in [-0.2, -0.15) is 0 Å². The average Bonchev–Trinajstić information content (AvgIpc) is 2.55. The number of nitrogens with zero attached hydrogens (tertiary/aromatic N) is 1. The first-order chi connectivity index (χ1) is 11.9. The number of hydrogen-bond donors (Lipinski definition) is 2. The summed E-state index contributed by atoms with van der Waals surface area (Å²) in [7, 11) is 0. The summed E-state index contributed by atoms with van der Waals surface area (Å²) in [5, 5.41) is 3.27. The third-order valence-electron chi connectivity index (χ3n) is 4.37. The van der Waals surface area contributed by atoms with E-state index in [-0.39, 0.29) is 29.9 Å². The standard InChI is InChI=1S/C18H27ClFN3O2/c1-12(21)6-7-17(24)22-10-16(23-8-9-25-13(2)11-23)18-14(19)4-3-5-15(18)20/h3-5,12-13,16H,6-11,21H2,1-2H3,(H,22,24). The molecule has 7 heteroatoms. The monoisotopic (exact) mass is 371 g/mol. The van der Waals surface area contributed by atoms with Gasteiger partial charge in [0.1, 0.15) is 5.82 Å². The van der Waals surface area contributed by atoms with Gasteiger partial charge < -0.3 is 15.8 Å². The fourth-order valence-electron chi connectivity index (χ4n) is 3.03. The topological polar surface area (TPSA) is 67.6 Å². The van der Waals surface area contributed by atoms with E-state index in [0.717, 1.165) is 0 Å². The van der Waals surface area contributed by atoms with E-state index >= 15 is 0 Å². The van der Waals surface area contributed by atoms with Crippen LogP contribution >= 0.6 is 11.6 Å². The van der Waals surface area contributed by atoms with Crippen LogP contribution in [0.25, 0.3) is 0 Å². The van der Waals surface area contributed by atoms with Gasteiger partial charge in [-0.3, -0.25) is 9.69 Å². The molecule has 25 heavy (non-hydrogen) atoms. The molecule has 1 aromatic carbocycles. The molecule has 0 saturated carbocycles. The molecule has 0 aromatic heterocycles. The maximum Gasteiger partial charge on any atom is 0.220 e. The lowest BCUT2D eigenvalue weighted by atomic mass is 10.0. The average molecular weight is 372 g/mol. The van der Waals surface area contributed by atoms with Crippen LogP contribution in [0.1, 0.15) is 38.3 Å². The Hall–Kier alpha value is -1.21. The van der Waals surface area contributed by atoms with Crippen molar-refractivity contribution in [2.45, 2.75) is 44.9 Å². The molecule has 3 N–H and O–H groups in total. The Labute approximate surface area is 153 Å². The van der Waals surface area contributed by atoms with Crippen LogP contribution in [-0.2, 0) is 9.53 Å². The molecule has 140 valence electrons. The van der Waals surface area contributed by atoms with E-state index in [1.54, 1.807) is 12.1 Å². The normalized spacial score (nSPS) is 20.9. The molecule has 3 atom stereocenters. The second-order valence-electron chi connectivity index (χ2n) is 6.65. The zero-order valence-corrected chi connectivity index (χ0v) is 15.6. The van der Waals surface area contributed by atoms with Gasteiger partial charge in [0.15, 0.2) is 0 Å². The molecule has 1 fully saturated rings. The number of ether oxygens (including phenoxy) is 1. The number of hydrogen-bond acceptors (Lipinski definition) is 4. The molecular weight excluding hydrogens is 345 g/mol. The number of rotatable bonds is 7. The summed E-state index contributed by atoms with van der Waals surface area (Å²) in [5.41, 5.74) is 6.11. The summed E-state index contributed by atoms with van der Waals surface area (Å²) in [6.07, 6.45) is 1.02. The summed E-state index contributed by atoms with van der Waals surface area (Å²) >= 11 is 6.27. The second kappa shape index (κ2) is 9.48. The van der Waals surface area contributed by atoms with Gasteiger partial charge in [-0.15, -0.1) is 0 Å². The quantitative estimate of drug-likeness (QED) is 0.772. The van der Waals surface area contributed by atoms with Crippen LogP contribution in [0.2, 0.25) is 5.02 Å². The Balaban J connectivity index is 2.13. The molecule has 3 unspecified atom stereocenters. The SMILES string of the molecule is CC(N)CCC(=O)NCC(c1c(F)cccc1Cl)N1CCOC(C)C1. The largest absolute Gasteiger partial charge is 0.376 e. The minimum atomic E-state index is -0.360. The summed E-state index contributed by atoms with van der Waals surface area (Å²) in [5.74, 6) is -0.447. The van der Waals surface area contributed by atoms with Crippen LogP contribution in [-0.4, -0.2) is 49.2 Å². The van der Waals surface area contributed by atoms with Crippen LogP contribution in [0.15, 0.2) is 18.2 Å². The molecule has 2 rings (SSSR count). The lowest BCUT2D eigenvalue weighted by molar-refractivity contribution is -0.121. The van der Waals surface area contributed by atoms with E-state index in [0.29, 0.717) is 49.7 Å². The number of morpholine rings is 1. The molecule has 1 amide bonds. The van der Waals surface area contributed by atoms with E-state index in [1.165, 1.54) is 6.07 Å². The van der Waals surface area contributed by atoms with E-state index < -0.39 is 0 Å². The first kappa shape index (κ1) is 20.1. The van der Waals surface area contributed by atoms with Crippen LogP contribution in [0.4, 0.5) is 4.39 Å². The zero-order chi connectivity index (χ0) is 18.4. The molecule has 1 aliphatic rings. The van der Waals surface area contributed by atoms with Crippen molar-refractivity contribution < 1.29 is 13.9 Å². The van der Waals surface area contributed by atoms with E-state index in [1.807, 2.05) is 13.8 Å². The Morgan fingerprint density at radius 2 is 2.32 bits per heavy atom. The molecule has 0 aliphatic carbocycles. The number of benzene rings is 1. The van der Waals surface area contributed by atoms with Crippen molar-refractivity contribution in [2.24, 2.45) is 5.73 Å². The van der Waals surface area contributed by atoms with Gasteiger partial charge in [-0.05, 0) is 32.4 Å². The minimum Gasteiger partial charge on any atom is -0.376 e. The zero-order valence-electron chi connectivity index (χ0n) is 14.8. The molecule has 1 aromatic rings. The highest BCUT2D eigenvalue weighted by atomic mass is 35.5. The van der Waals surface area contributed by atoms with Crippen molar-refractivity contribution in [1.82, 2.24) is 10.2 Å². The fourth-order valence-corrected chi connectivity index (χ4v) is 3.32. The minimum absolute atomic E-state index is 0.0253. The Bertz CT molecular complexity index is 565. The van der Waals surface area contributed by atoms with Crippen molar-refractivity contribution in [1.29, 1.82) is 0 Å². The summed E-state index contributed by atoms with van der Waals surface area (Å²) in [4.78, 5) is 14.2. The molecule has 5 nitrogen and oxygen atoms in total. The van der Waals surface area contributed by atoms with Gasteiger partial charge in [0.25, 0.3) is 0 Å². The van der Waals surface area contributed by atoms with Crippen molar-refractivity contribution >= 4 is 17.5 Å². The Morgan fingerprint density at radius 1 is 1.56 bits per heavy atom. The van der Waals surface area contributed by atoms with E-state index in [9.17, 15) is 9.18 Å². The van der Waals surface area contributed by atoms with Crippen LogP contribution in [0.3, 0.4) is 0 Å². The van der Waals surface area contributed by atoms with Crippen LogP contribution in [0.5, 0.6) is 0 Å². The highest BCUT2D eigenvalue weighted by Gasteiger charge is 2.29. The maximum atomic E-state index is 14.5. The number of amides is 1. The third-order valence-corrected chi connectivity index (χ3v) is 4.70. The lowest BCUT2D eigenvalue weighted by Gasteiger charge is -2.38. The van der Waals surface area contributed by atoms with E-state index in [2.05, 4.69) is 10.2 Å². The summed E-state index contributed by atoms with van der Waals surface area (Å²) < 4.78 is 20.0. The lowest BCUT2D eigenvalue weighted by Crippen LogP contribution is -2.47. The first-order valence-electron chi connectivity index (χ1n) is 8.70. The predicted molar refractivity (Wildman–Crippen MR) is 97.0 cm³/mol. The fraction of sp³-hybridized carbons (Fsp3) is 0.611. The predicted octanol–water partition coefficient (Wildman–Crippen LogP) is 2.48. The number of halogens is 2.